The van der Waals surface area contributed by atoms with Gasteiger partial charge in [0, 0.05) is 22.3 Å². The molecule has 0 saturated carbocycles. The smallest absolute Gasteiger partial charge is 0.339 e. The largest absolute Gasteiger partial charge is 0.464 e. The predicted molar refractivity (Wildman–Crippen MR) is 93.2 cm³/mol. The van der Waals surface area contributed by atoms with E-state index in [9.17, 15) is 9.59 Å². The van der Waals surface area contributed by atoms with E-state index in [0.29, 0.717) is 21.6 Å². The van der Waals surface area contributed by atoms with Crippen LogP contribution >= 0.6 is 27.5 Å². The van der Waals surface area contributed by atoms with Crippen molar-refractivity contribution in [2.24, 2.45) is 0 Å². The van der Waals surface area contributed by atoms with Gasteiger partial charge in [-0.05, 0) is 31.2 Å². The second-order valence-corrected chi connectivity index (χ2v) is 6.36. The van der Waals surface area contributed by atoms with E-state index >= 15 is 0 Å². The number of fused-ring (bicyclic) bond motifs is 1. The number of carbonyl (C=O) groups excluding carboxylic acids is 2. The minimum Gasteiger partial charge on any atom is -0.464 e. The van der Waals surface area contributed by atoms with E-state index < -0.39 is 17.8 Å². The molecule has 1 atom stereocenters. The number of benzene rings is 1. The van der Waals surface area contributed by atoms with E-state index in [0.717, 1.165) is 4.47 Å². The number of aromatic nitrogens is 3. The molecule has 0 bridgehead atoms. The summed E-state index contributed by atoms with van der Waals surface area (Å²) in [5, 5.41) is 5.46. The van der Waals surface area contributed by atoms with Gasteiger partial charge in [0.15, 0.2) is 0 Å². The number of Topliss-reactive ketones (excluding diaryl/α,β-unsaturated/α-hetero) is 1. The fourth-order valence-corrected chi connectivity index (χ4v) is 3.23. The van der Waals surface area contributed by atoms with E-state index in [2.05, 4.69) is 26.0 Å². The standard InChI is InChI=1S/C16H13BrClN3O3/c1-2-24-16(23)14(15(22)12-4-3-5-19-12)21-8-10-11(18)6-9(17)7-13(10)20-21/h3-8,14,19H,2H2,1H3. The average molecular weight is 411 g/mol. The van der Waals surface area contributed by atoms with Crippen LogP contribution in [0.1, 0.15) is 23.5 Å². The molecule has 0 fully saturated rings. The Morgan fingerprint density at radius 3 is 2.92 bits per heavy atom. The predicted octanol–water partition coefficient (Wildman–Crippen LogP) is 3.77. The highest BCUT2D eigenvalue weighted by Gasteiger charge is 2.32. The summed E-state index contributed by atoms with van der Waals surface area (Å²) >= 11 is 9.56. The molecule has 124 valence electrons. The van der Waals surface area contributed by atoms with Crippen LogP contribution in [0.5, 0.6) is 0 Å². The van der Waals surface area contributed by atoms with Gasteiger partial charge in [0.2, 0.25) is 11.8 Å². The Hall–Kier alpha value is -2.12. The number of aromatic amines is 1. The van der Waals surface area contributed by atoms with Crippen molar-refractivity contribution in [3.05, 3.63) is 51.8 Å². The Bertz CT molecular complexity index is 905. The molecule has 24 heavy (non-hydrogen) atoms. The van der Waals surface area contributed by atoms with Gasteiger partial charge in [-0.15, -0.1) is 0 Å². The minimum absolute atomic E-state index is 0.167. The third kappa shape index (κ3) is 3.09. The van der Waals surface area contributed by atoms with E-state index in [1.807, 2.05) is 0 Å². The SMILES string of the molecule is CCOC(=O)C(C(=O)c1ccc[nH]1)n1cc2c(Cl)cc(Br)cc2n1. The molecule has 0 aliphatic heterocycles. The normalized spacial score (nSPS) is 12.3. The third-order valence-electron chi connectivity index (χ3n) is 3.44. The van der Waals surface area contributed by atoms with Crippen molar-refractivity contribution >= 4 is 50.2 Å². The molecule has 1 aromatic carbocycles. The van der Waals surface area contributed by atoms with Gasteiger partial charge in [-0.3, -0.25) is 4.79 Å². The first-order chi connectivity index (χ1) is 11.5. The highest BCUT2D eigenvalue weighted by Crippen LogP contribution is 2.29. The zero-order chi connectivity index (χ0) is 17.3. The van der Waals surface area contributed by atoms with Crippen molar-refractivity contribution in [2.75, 3.05) is 6.61 Å². The maximum absolute atomic E-state index is 12.7. The number of hydrogen-bond donors (Lipinski definition) is 1. The molecule has 0 radical (unpaired) electrons. The summed E-state index contributed by atoms with van der Waals surface area (Å²) in [6.07, 6.45) is 3.19. The Morgan fingerprint density at radius 2 is 2.25 bits per heavy atom. The van der Waals surface area contributed by atoms with Gasteiger partial charge in [0.1, 0.15) is 0 Å². The second kappa shape index (κ2) is 6.78. The molecule has 2 heterocycles. The first-order valence-electron chi connectivity index (χ1n) is 7.19. The molecule has 3 rings (SSSR count). The Morgan fingerprint density at radius 1 is 1.46 bits per heavy atom. The number of ether oxygens (including phenoxy) is 1. The van der Waals surface area contributed by atoms with Crippen LogP contribution in [0, 0.1) is 0 Å². The van der Waals surface area contributed by atoms with Gasteiger partial charge in [0.05, 0.1) is 22.8 Å². The van der Waals surface area contributed by atoms with E-state index in [4.69, 9.17) is 16.3 Å². The van der Waals surface area contributed by atoms with E-state index in [-0.39, 0.29) is 6.61 Å². The van der Waals surface area contributed by atoms with Crippen LogP contribution in [-0.2, 0) is 9.53 Å². The lowest BCUT2D eigenvalue weighted by Gasteiger charge is -2.14. The zero-order valence-electron chi connectivity index (χ0n) is 12.6. The molecule has 0 aliphatic carbocycles. The molecule has 0 saturated heterocycles. The monoisotopic (exact) mass is 409 g/mol. The van der Waals surface area contributed by atoms with Gasteiger partial charge in [-0.2, -0.15) is 5.10 Å². The number of hydrogen-bond acceptors (Lipinski definition) is 4. The lowest BCUT2D eigenvalue weighted by Crippen LogP contribution is -2.30. The van der Waals surface area contributed by atoms with Gasteiger partial charge in [0.25, 0.3) is 0 Å². The van der Waals surface area contributed by atoms with Crippen LogP contribution in [0.4, 0.5) is 0 Å². The first kappa shape index (κ1) is 16.7. The van der Waals surface area contributed by atoms with Crippen molar-refractivity contribution in [1.82, 2.24) is 14.8 Å². The fraction of sp³-hybridized carbons (Fsp3) is 0.188. The molecule has 6 nitrogen and oxygen atoms in total. The first-order valence-corrected chi connectivity index (χ1v) is 8.36. The van der Waals surface area contributed by atoms with Gasteiger partial charge in [-0.1, -0.05) is 27.5 Å². The molecular weight excluding hydrogens is 398 g/mol. The van der Waals surface area contributed by atoms with E-state index in [1.165, 1.54) is 4.68 Å². The van der Waals surface area contributed by atoms with Crippen LogP contribution in [0.2, 0.25) is 5.02 Å². The van der Waals surface area contributed by atoms with Gasteiger partial charge >= 0.3 is 5.97 Å². The molecule has 3 aromatic rings. The molecule has 8 heteroatoms. The van der Waals surface area contributed by atoms with Crippen molar-refractivity contribution in [1.29, 1.82) is 0 Å². The lowest BCUT2D eigenvalue weighted by molar-refractivity contribution is -0.145. The highest BCUT2D eigenvalue weighted by molar-refractivity contribution is 9.10. The molecule has 2 aromatic heterocycles. The Labute approximate surface area is 150 Å². The minimum atomic E-state index is -1.22. The van der Waals surface area contributed by atoms with Crippen molar-refractivity contribution in [2.45, 2.75) is 13.0 Å². The van der Waals surface area contributed by atoms with E-state index in [1.54, 1.807) is 43.6 Å². The number of H-pyrrole nitrogens is 1. The molecule has 1 N–H and O–H groups in total. The summed E-state index contributed by atoms with van der Waals surface area (Å²) < 4.78 is 7.10. The summed E-state index contributed by atoms with van der Waals surface area (Å²) in [4.78, 5) is 27.9. The summed E-state index contributed by atoms with van der Waals surface area (Å²) in [5.41, 5.74) is 0.878. The Balaban J connectivity index is 2.10. The topological polar surface area (TPSA) is 77.0 Å². The van der Waals surface area contributed by atoms with Gasteiger partial charge in [-0.25, -0.2) is 9.48 Å². The number of halogens is 2. The number of carbonyl (C=O) groups is 2. The second-order valence-electron chi connectivity index (χ2n) is 5.03. The number of nitrogens with zero attached hydrogens (tertiary/aromatic N) is 2. The highest BCUT2D eigenvalue weighted by atomic mass is 79.9. The van der Waals surface area contributed by atoms with Crippen LogP contribution < -0.4 is 0 Å². The lowest BCUT2D eigenvalue weighted by atomic mass is 10.1. The van der Waals surface area contributed by atoms with Crippen LogP contribution in [0.3, 0.4) is 0 Å². The summed E-state index contributed by atoms with van der Waals surface area (Å²) in [5.74, 6) is -1.10. The van der Waals surface area contributed by atoms with Crippen LogP contribution in [-0.4, -0.2) is 33.1 Å². The molecule has 0 amide bonds. The number of ketones is 1. The molecule has 0 aliphatic rings. The number of nitrogens with one attached hydrogen (secondary N) is 1. The maximum Gasteiger partial charge on any atom is 0.339 e. The third-order valence-corrected chi connectivity index (χ3v) is 4.21. The Kier molecular flexibility index (Phi) is 4.73. The van der Waals surface area contributed by atoms with Crippen molar-refractivity contribution < 1.29 is 14.3 Å². The van der Waals surface area contributed by atoms with Crippen molar-refractivity contribution in [3.63, 3.8) is 0 Å². The molecule has 0 spiro atoms. The zero-order valence-corrected chi connectivity index (χ0v) is 15.0. The van der Waals surface area contributed by atoms with Crippen molar-refractivity contribution in [3.8, 4) is 0 Å². The summed E-state index contributed by atoms with van der Waals surface area (Å²) in [6.45, 7) is 1.85. The van der Waals surface area contributed by atoms with Crippen LogP contribution in [0.15, 0.2) is 41.1 Å². The fourth-order valence-electron chi connectivity index (χ4n) is 2.39. The van der Waals surface area contributed by atoms with Crippen LogP contribution in [0.25, 0.3) is 10.9 Å². The number of rotatable bonds is 5. The summed E-state index contributed by atoms with van der Waals surface area (Å²) in [6, 6.07) is 5.55. The average Bonchev–Trinajstić information content (AvgIpc) is 3.16. The molecular formula is C16H13BrClN3O3. The number of esters is 1. The summed E-state index contributed by atoms with van der Waals surface area (Å²) in [7, 11) is 0. The maximum atomic E-state index is 12.7. The quantitative estimate of drug-likeness (QED) is 0.395. The molecule has 1 unspecified atom stereocenters. The van der Waals surface area contributed by atoms with Gasteiger partial charge < -0.3 is 9.72 Å².